The third-order valence-corrected chi connectivity index (χ3v) is 3.81. The lowest BCUT2D eigenvalue weighted by molar-refractivity contribution is 0.178. The molecule has 1 saturated heterocycles. The minimum atomic E-state index is -0.0527. The summed E-state index contributed by atoms with van der Waals surface area (Å²) in [6, 6.07) is 7.67. The SMILES string of the molecule is CC(N)c1cccc(NC(=O)N2CCCC2(C)C)c1. The highest BCUT2D eigenvalue weighted by Gasteiger charge is 2.35. The predicted octanol–water partition coefficient (Wildman–Crippen LogP) is 3.11. The van der Waals surface area contributed by atoms with Crippen LogP contribution in [0, 0.1) is 0 Å². The molecule has 1 aliphatic heterocycles. The normalized spacial score (nSPS) is 19.3. The third-order valence-electron chi connectivity index (χ3n) is 3.81. The van der Waals surface area contributed by atoms with Crippen LogP contribution in [0.2, 0.25) is 0 Å². The van der Waals surface area contributed by atoms with Crippen molar-refractivity contribution in [1.29, 1.82) is 0 Å². The third kappa shape index (κ3) is 3.07. The Balaban J connectivity index is 2.09. The van der Waals surface area contributed by atoms with Gasteiger partial charge in [-0.15, -0.1) is 0 Å². The first-order valence-electron chi connectivity index (χ1n) is 6.84. The van der Waals surface area contributed by atoms with E-state index in [0.717, 1.165) is 30.6 Å². The monoisotopic (exact) mass is 261 g/mol. The molecule has 2 rings (SSSR count). The van der Waals surface area contributed by atoms with Crippen LogP contribution in [0.4, 0.5) is 10.5 Å². The lowest BCUT2D eigenvalue weighted by atomic mass is 10.0. The molecule has 0 radical (unpaired) electrons. The average Bonchev–Trinajstić information content (AvgIpc) is 2.69. The number of hydrogen-bond acceptors (Lipinski definition) is 2. The molecule has 1 aliphatic rings. The summed E-state index contributed by atoms with van der Waals surface area (Å²) in [5.41, 5.74) is 7.64. The van der Waals surface area contributed by atoms with Crippen molar-refractivity contribution in [3.8, 4) is 0 Å². The predicted molar refractivity (Wildman–Crippen MR) is 78.1 cm³/mol. The fourth-order valence-electron chi connectivity index (χ4n) is 2.57. The Bertz CT molecular complexity index is 468. The molecule has 1 heterocycles. The van der Waals surface area contributed by atoms with Gasteiger partial charge in [-0.3, -0.25) is 0 Å². The number of hydrogen-bond donors (Lipinski definition) is 2. The van der Waals surface area contributed by atoms with Crippen LogP contribution in [0.5, 0.6) is 0 Å². The zero-order valence-electron chi connectivity index (χ0n) is 11.9. The second-order valence-electron chi connectivity index (χ2n) is 5.91. The lowest BCUT2D eigenvalue weighted by Gasteiger charge is -2.31. The van der Waals surface area contributed by atoms with Gasteiger partial charge in [0.1, 0.15) is 0 Å². The van der Waals surface area contributed by atoms with E-state index in [1.165, 1.54) is 0 Å². The first kappa shape index (κ1) is 13.9. The van der Waals surface area contributed by atoms with Gasteiger partial charge in [-0.2, -0.15) is 0 Å². The maximum absolute atomic E-state index is 12.3. The number of nitrogens with zero attached hydrogens (tertiary/aromatic N) is 1. The van der Waals surface area contributed by atoms with Gasteiger partial charge in [-0.25, -0.2) is 4.79 Å². The zero-order valence-corrected chi connectivity index (χ0v) is 11.9. The minimum absolute atomic E-state index is 0.0238. The summed E-state index contributed by atoms with van der Waals surface area (Å²) in [6.45, 7) is 6.98. The van der Waals surface area contributed by atoms with Crippen LogP contribution in [0.15, 0.2) is 24.3 Å². The highest BCUT2D eigenvalue weighted by atomic mass is 16.2. The molecule has 0 aromatic heterocycles. The van der Waals surface area contributed by atoms with E-state index in [1.54, 1.807) is 0 Å². The number of urea groups is 1. The Hall–Kier alpha value is -1.55. The van der Waals surface area contributed by atoms with Crippen molar-refractivity contribution in [3.63, 3.8) is 0 Å². The van der Waals surface area contributed by atoms with Crippen LogP contribution in [-0.2, 0) is 0 Å². The maximum Gasteiger partial charge on any atom is 0.322 e. The van der Waals surface area contributed by atoms with Crippen molar-refractivity contribution >= 4 is 11.7 Å². The molecule has 0 saturated carbocycles. The lowest BCUT2D eigenvalue weighted by Crippen LogP contribution is -2.44. The molecule has 104 valence electrons. The zero-order chi connectivity index (χ0) is 14.0. The van der Waals surface area contributed by atoms with Gasteiger partial charge in [-0.1, -0.05) is 12.1 Å². The molecule has 1 aromatic carbocycles. The molecule has 1 aromatic rings. The molecule has 1 fully saturated rings. The number of carbonyl (C=O) groups excluding carboxylic acids is 1. The van der Waals surface area contributed by atoms with Crippen LogP contribution in [-0.4, -0.2) is 23.0 Å². The van der Waals surface area contributed by atoms with E-state index in [1.807, 2.05) is 36.1 Å². The smallest absolute Gasteiger partial charge is 0.322 e. The first-order chi connectivity index (χ1) is 8.90. The molecule has 0 bridgehead atoms. The van der Waals surface area contributed by atoms with Crippen molar-refractivity contribution in [3.05, 3.63) is 29.8 Å². The molecule has 1 atom stereocenters. The Morgan fingerprint density at radius 2 is 2.21 bits per heavy atom. The van der Waals surface area contributed by atoms with Crippen molar-refractivity contribution in [1.82, 2.24) is 4.90 Å². The van der Waals surface area contributed by atoms with E-state index in [4.69, 9.17) is 5.73 Å². The number of nitrogens with one attached hydrogen (secondary N) is 1. The Labute approximate surface area is 115 Å². The second-order valence-corrected chi connectivity index (χ2v) is 5.91. The molecule has 0 aliphatic carbocycles. The van der Waals surface area contributed by atoms with Crippen LogP contribution in [0.3, 0.4) is 0 Å². The van der Waals surface area contributed by atoms with Gasteiger partial charge in [0, 0.05) is 23.8 Å². The largest absolute Gasteiger partial charge is 0.324 e. The fraction of sp³-hybridized carbons (Fsp3) is 0.533. The van der Waals surface area contributed by atoms with E-state index in [9.17, 15) is 4.79 Å². The summed E-state index contributed by atoms with van der Waals surface area (Å²) in [7, 11) is 0. The van der Waals surface area contributed by atoms with Crippen molar-refractivity contribution < 1.29 is 4.79 Å². The van der Waals surface area contributed by atoms with Gasteiger partial charge in [0.15, 0.2) is 0 Å². The van der Waals surface area contributed by atoms with Gasteiger partial charge < -0.3 is 16.0 Å². The molecule has 1 unspecified atom stereocenters. The van der Waals surface area contributed by atoms with E-state index in [0.29, 0.717) is 0 Å². The minimum Gasteiger partial charge on any atom is -0.324 e. The average molecular weight is 261 g/mol. The van der Waals surface area contributed by atoms with Crippen LogP contribution in [0.25, 0.3) is 0 Å². The molecular formula is C15H23N3O. The number of benzene rings is 1. The highest BCUT2D eigenvalue weighted by Crippen LogP contribution is 2.29. The molecule has 4 heteroatoms. The number of likely N-dealkylation sites (tertiary alicyclic amines) is 1. The number of nitrogens with two attached hydrogens (primary N) is 1. The molecule has 4 nitrogen and oxygen atoms in total. The summed E-state index contributed by atoms with van der Waals surface area (Å²) >= 11 is 0. The Morgan fingerprint density at radius 3 is 2.79 bits per heavy atom. The second kappa shape index (κ2) is 5.21. The van der Waals surface area contributed by atoms with Gasteiger partial charge >= 0.3 is 6.03 Å². The van der Waals surface area contributed by atoms with E-state index < -0.39 is 0 Å². The van der Waals surface area contributed by atoms with Gasteiger partial charge in [-0.05, 0) is 51.3 Å². The van der Waals surface area contributed by atoms with Crippen molar-refractivity contribution in [2.75, 3.05) is 11.9 Å². The van der Waals surface area contributed by atoms with E-state index in [-0.39, 0.29) is 17.6 Å². The van der Waals surface area contributed by atoms with E-state index >= 15 is 0 Å². The first-order valence-corrected chi connectivity index (χ1v) is 6.84. The van der Waals surface area contributed by atoms with Gasteiger partial charge in [0.2, 0.25) is 0 Å². The standard InChI is InChI=1S/C15H23N3O/c1-11(16)12-6-4-7-13(10-12)17-14(19)18-9-5-8-15(18,2)3/h4,6-7,10-11H,5,8-9,16H2,1-3H3,(H,17,19). The van der Waals surface area contributed by atoms with Gasteiger partial charge in [0.25, 0.3) is 0 Å². The molecule has 3 N–H and O–H groups in total. The number of rotatable bonds is 2. The van der Waals surface area contributed by atoms with Crippen LogP contribution < -0.4 is 11.1 Å². The Morgan fingerprint density at radius 1 is 1.47 bits per heavy atom. The molecule has 0 spiro atoms. The fourth-order valence-corrected chi connectivity index (χ4v) is 2.57. The van der Waals surface area contributed by atoms with Gasteiger partial charge in [0.05, 0.1) is 0 Å². The molecule has 19 heavy (non-hydrogen) atoms. The summed E-state index contributed by atoms with van der Waals surface area (Å²) in [5.74, 6) is 0. The maximum atomic E-state index is 12.3. The van der Waals surface area contributed by atoms with Crippen molar-refractivity contribution in [2.45, 2.75) is 45.2 Å². The van der Waals surface area contributed by atoms with E-state index in [2.05, 4.69) is 19.2 Å². The topological polar surface area (TPSA) is 58.4 Å². The summed E-state index contributed by atoms with van der Waals surface area (Å²) in [4.78, 5) is 14.2. The van der Waals surface area contributed by atoms with Crippen LogP contribution >= 0.6 is 0 Å². The number of anilines is 1. The summed E-state index contributed by atoms with van der Waals surface area (Å²) in [6.07, 6.45) is 2.13. The van der Waals surface area contributed by atoms with Crippen LogP contribution in [0.1, 0.15) is 45.2 Å². The summed E-state index contributed by atoms with van der Waals surface area (Å²) in [5, 5.41) is 2.97. The molecule has 2 amide bonds. The number of carbonyl (C=O) groups is 1. The molecular weight excluding hydrogens is 238 g/mol. The van der Waals surface area contributed by atoms with Crippen molar-refractivity contribution in [2.24, 2.45) is 5.73 Å². The number of amides is 2. The summed E-state index contributed by atoms with van der Waals surface area (Å²) < 4.78 is 0. The highest BCUT2D eigenvalue weighted by molar-refractivity contribution is 5.90. The Kier molecular flexibility index (Phi) is 3.80. The quantitative estimate of drug-likeness (QED) is 0.859.